The molecule has 1 fully saturated rings. The second-order valence-corrected chi connectivity index (χ2v) is 6.84. The summed E-state index contributed by atoms with van der Waals surface area (Å²) in [6, 6.07) is 5.36. The zero-order chi connectivity index (χ0) is 17.1. The van der Waals surface area contributed by atoms with Crippen LogP contribution in [-0.2, 0) is 11.2 Å². The molecule has 1 atom stereocenters. The number of carbonyl (C=O) groups excluding carboxylic acids is 1. The Morgan fingerprint density at radius 1 is 1.33 bits per heavy atom. The summed E-state index contributed by atoms with van der Waals surface area (Å²) in [7, 11) is -1.13. The fourth-order valence-corrected chi connectivity index (χ4v) is 3.69. The van der Waals surface area contributed by atoms with Crippen molar-refractivity contribution in [3.63, 3.8) is 0 Å². The Morgan fingerprint density at radius 3 is 2.79 bits per heavy atom. The van der Waals surface area contributed by atoms with Crippen molar-refractivity contribution in [2.24, 2.45) is 5.92 Å². The van der Waals surface area contributed by atoms with Crippen LogP contribution in [0.15, 0.2) is 24.8 Å². The van der Waals surface area contributed by atoms with E-state index in [1.165, 1.54) is 19.3 Å². The molecule has 0 spiro atoms. The number of hydrogen-bond donors (Lipinski definition) is 3. The van der Waals surface area contributed by atoms with Crippen LogP contribution in [0.3, 0.4) is 0 Å². The van der Waals surface area contributed by atoms with Gasteiger partial charge in [0.2, 0.25) is 5.91 Å². The number of para-hydroxylation sites is 1. The van der Waals surface area contributed by atoms with Crippen molar-refractivity contribution >= 4 is 18.8 Å². The van der Waals surface area contributed by atoms with E-state index in [0.29, 0.717) is 30.1 Å². The number of benzene rings is 1. The molecule has 0 saturated heterocycles. The zero-order valence-corrected chi connectivity index (χ0v) is 13.8. The summed E-state index contributed by atoms with van der Waals surface area (Å²) in [6.07, 6.45) is 6.88. The van der Waals surface area contributed by atoms with E-state index >= 15 is 0 Å². The van der Waals surface area contributed by atoms with Crippen LogP contribution in [0.2, 0.25) is 0 Å². The predicted molar refractivity (Wildman–Crippen MR) is 93.5 cm³/mol. The molecular formula is C18H24BNO4. The van der Waals surface area contributed by atoms with Gasteiger partial charge in [0.1, 0.15) is 11.5 Å². The van der Waals surface area contributed by atoms with Crippen LogP contribution in [0.25, 0.3) is 5.76 Å². The lowest BCUT2D eigenvalue weighted by atomic mass is 9.72. The van der Waals surface area contributed by atoms with E-state index in [9.17, 15) is 14.9 Å². The molecule has 5 nitrogen and oxygen atoms in total. The van der Waals surface area contributed by atoms with Gasteiger partial charge in [-0.3, -0.25) is 4.79 Å². The van der Waals surface area contributed by atoms with Crippen molar-refractivity contribution in [1.29, 1.82) is 0 Å². The Labute approximate surface area is 142 Å². The van der Waals surface area contributed by atoms with Crippen molar-refractivity contribution in [2.75, 3.05) is 0 Å². The SMILES string of the molecule is C=C(O)c1cccc2c1OB(O)[C@@H](NC(=O)CC1CCCCC1)C2. The average Bonchev–Trinajstić information content (AvgIpc) is 2.55. The first-order valence-corrected chi connectivity index (χ1v) is 8.69. The summed E-state index contributed by atoms with van der Waals surface area (Å²) in [5.74, 6) is 0.294. The van der Waals surface area contributed by atoms with Gasteiger partial charge in [-0.2, -0.15) is 0 Å². The van der Waals surface area contributed by atoms with Gasteiger partial charge in [-0.05, 0) is 36.8 Å². The minimum absolute atomic E-state index is 0.0271. The molecule has 1 heterocycles. The molecule has 1 saturated carbocycles. The molecule has 0 aromatic heterocycles. The molecule has 1 aromatic carbocycles. The second-order valence-electron chi connectivity index (χ2n) is 6.84. The largest absolute Gasteiger partial charge is 0.547 e. The summed E-state index contributed by atoms with van der Waals surface area (Å²) >= 11 is 0. The van der Waals surface area contributed by atoms with Gasteiger partial charge in [0.15, 0.2) is 0 Å². The lowest BCUT2D eigenvalue weighted by Crippen LogP contribution is -2.53. The first kappa shape index (κ1) is 16.9. The highest BCUT2D eigenvalue weighted by atomic mass is 16.5. The van der Waals surface area contributed by atoms with E-state index in [2.05, 4.69) is 11.9 Å². The van der Waals surface area contributed by atoms with Gasteiger partial charge in [-0.15, -0.1) is 0 Å². The van der Waals surface area contributed by atoms with Gasteiger partial charge in [0.25, 0.3) is 0 Å². The van der Waals surface area contributed by atoms with Gasteiger partial charge in [0, 0.05) is 6.42 Å². The highest BCUT2D eigenvalue weighted by Gasteiger charge is 2.37. The first-order chi connectivity index (χ1) is 11.5. The third kappa shape index (κ3) is 3.75. The van der Waals surface area contributed by atoms with Gasteiger partial charge in [0.05, 0.1) is 11.5 Å². The number of nitrogens with one attached hydrogen (secondary N) is 1. The van der Waals surface area contributed by atoms with Gasteiger partial charge in [-0.1, -0.05) is 38.0 Å². The summed E-state index contributed by atoms with van der Waals surface area (Å²) in [6.45, 7) is 3.52. The fourth-order valence-electron chi connectivity index (χ4n) is 3.69. The van der Waals surface area contributed by atoms with E-state index in [4.69, 9.17) is 4.65 Å². The maximum absolute atomic E-state index is 12.3. The van der Waals surface area contributed by atoms with Crippen LogP contribution in [0.5, 0.6) is 5.75 Å². The average molecular weight is 329 g/mol. The Hall–Kier alpha value is -1.95. The lowest BCUT2D eigenvalue weighted by Gasteiger charge is -2.30. The molecule has 1 aliphatic carbocycles. The zero-order valence-electron chi connectivity index (χ0n) is 13.8. The van der Waals surface area contributed by atoms with Gasteiger partial charge < -0.3 is 20.1 Å². The van der Waals surface area contributed by atoms with E-state index in [-0.39, 0.29) is 11.7 Å². The molecule has 128 valence electrons. The second kappa shape index (κ2) is 7.30. The summed E-state index contributed by atoms with van der Waals surface area (Å²) in [5.41, 5.74) is 1.31. The third-order valence-electron chi connectivity index (χ3n) is 4.98. The van der Waals surface area contributed by atoms with Crippen molar-refractivity contribution in [3.8, 4) is 5.75 Å². The number of hydrogen-bond acceptors (Lipinski definition) is 4. The van der Waals surface area contributed by atoms with Crippen LogP contribution in [0, 0.1) is 5.92 Å². The maximum Gasteiger partial charge on any atom is 0.547 e. The third-order valence-corrected chi connectivity index (χ3v) is 4.98. The number of carbonyl (C=O) groups is 1. The topological polar surface area (TPSA) is 78.8 Å². The number of rotatable bonds is 4. The molecule has 24 heavy (non-hydrogen) atoms. The molecule has 3 N–H and O–H groups in total. The number of aliphatic hydroxyl groups excluding tert-OH is 1. The number of aliphatic hydroxyl groups is 1. The van der Waals surface area contributed by atoms with Gasteiger partial charge >= 0.3 is 7.12 Å². The Balaban J connectivity index is 1.64. The molecule has 3 rings (SSSR count). The number of fused-ring (bicyclic) bond motifs is 1. The molecule has 1 aliphatic heterocycles. The molecule has 1 amide bonds. The smallest absolute Gasteiger partial charge is 0.534 e. The minimum Gasteiger partial charge on any atom is -0.534 e. The lowest BCUT2D eigenvalue weighted by molar-refractivity contribution is -0.122. The Morgan fingerprint density at radius 2 is 2.08 bits per heavy atom. The summed E-state index contributed by atoms with van der Waals surface area (Å²) in [5, 5.41) is 22.8. The van der Waals surface area contributed by atoms with Crippen molar-refractivity contribution in [2.45, 2.75) is 50.9 Å². The minimum atomic E-state index is -1.13. The van der Waals surface area contributed by atoms with Crippen LogP contribution < -0.4 is 9.97 Å². The quantitative estimate of drug-likeness (QED) is 0.586. The standard InChI is InChI=1S/C18H24BNO4/c1-12(21)15-9-5-8-14-11-16(19(23)24-18(14)15)20-17(22)10-13-6-3-2-4-7-13/h5,8-9,13,16,21,23H,1-4,6-7,10-11H2,(H,20,22)/t16-/m0/s1. The molecule has 2 aliphatic rings. The molecular weight excluding hydrogens is 305 g/mol. The van der Waals surface area contributed by atoms with Crippen LogP contribution in [0.4, 0.5) is 0 Å². The normalized spacial score (nSPS) is 20.9. The monoisotopic (exact) mass is 329 g/mol. The van der Waals surface area contributed by atoms with E-state index < -0.39 is 13.1 Å². The van der Waals surface area contributed by atoms with Crippen molar-refractivity contribution in [1.82, 2.24) is 5.32 Å². The predicted octanol–water partition coefficient (Wildman–Crippen LogP) is 2.63. The summed E-state index contributed by atoms with van der Waals surface area (Å²) < 4.78 is 5.55. The first-order valence-electron chi connectivity index (χ1n) is 8.69. The molecule has 0 unspecified atom stereocenters. The Bertz CT molecular complexity index is 627. The highest BCUT2D eigenvalue weighted by molar-refractivity contribution is 6.46. The molecule has 6 heteroatoms. The van der Waals surface area contributed by atoms with Crippen LogP contribution in [0.1, 0.15) is 49.7 Å². The van der Waals surface area contributed by atoms with Crippen LogP contribution in [-0.4, -0.2) is 29.1 Å². The molecule has 0 radical (unpaired) electrons. The summed E-state index contributed by atoms with van der Waals surface area (Å²) in [4.78, 5) is 12.3. The maximum atomic E-state index is 12.3. The van der Waals surface area contributed by atoms with E-state index in [1.54, 1.807) is 12.1 Å². The fraction of sp³-hybridized carbons (Fsp3) is 0.500. The molecule has 1 aromatic rings. The van der Waals surface area contributed by atoms with Crippen LogP contribution >= 0.6 is 0 Å². The van der Waals surface area contributed by atoms with Crippen molar-refractivity contribution in [3.05, 3.63) is 35.9 Å². The molecule has 0 bridgehead atoms. The van der Waals surface area contributed by atoms with E-state index in [0.717, 1.165) is 18.4 Å². The van der Waals surface area contributed by atoms with Crippen molar-refractivity contribution < 1.29 is 19.6 Å². The van der Waals surface area contributed by atoms with E-state index in [1.807, 2.05) is 6.07 Å². The van der Waals surface area contributed by atoms with Gasteiger partial charge in [-0.25, -0.2) is 0 Å². The Kier molecular flexibility index (Phi) is 5.14. The highest BCUT2D eigenvalue weighted by Crippen LogP contribution is 2.33. The number of amides is 1.